The van der Waals surface area contributed by atoms with E-state index in [1.165, 1.54) is 6.92 Å². The Bertz CT molecular complexity index is 410. The third kappa shape index (κ3) is 5.59. The Morgan fingerprint density at radius 1 is 1.30 bits per heavy atom. The monoisotopic (exact) mass is 293 g/mol. The van der Waals surface area contributed by atoms with Crippen LogP contribution in [0.2, 0.25) is 0 Å². The zero-order valence-corrected chi connectivity index (χ0v) is 11.7. The standard InChI is InChI=1S/C14H19F4NO/c1-5-8-11(10(4)15)12(6-2)19(13(20)7-3)9-14(16,17)18/h6H,2,4-5,7-9H2,1,3H3/b12-11+. The summed E-state index contributed by atoms with van der Waals surface area (Å²) >= 11 is 0. The van der Waals surface area contributed by atoms with Gasteiger partial charge in [0.2, 0.25) is 5.91 Å². The molecule has 1 amide bonds. The van der Waals surface area contributed by atoms with Gasteiger partial charge in [-0.2, -0.15) is 13.2 Å². The van der Waals surface area contributed by atoms with Crippen molar-refractivity contribution in [3.8, 4) is 0 Å². The summed E-state index contributed by atoms with van der Waals surface area (Å²) < 4.78 is 51.2. The van der Waals surface area contributed by atoms with Crippen LogP contribution in [0.25, 0.3) is 0 Å². The van der Waals surface area contributed by atoms with E-state index >= 15 is 0 Å². The van der Waals surface area contributed by atoms with E-state index in [4.69, 9.17) is 0 Å². The van der Waals surface area contributed by atoms with Crippen molar-refractivity contribution in [3.05, 3.63) is 36.3 Å². The molecule has 0 bridgehead atoms. The predicted octanol–water partition coefficient (Wildman–Crippen LogP) is 4.51. The third-order valence-corrected chi connectivity index (χ3v) is 2.56. The maximum absolute atomic E-state index is 13.4. The molecule has 0 unspecified atom stereocenters. The average molecular weight is 293 g/mol. The first-order valence-corrected chi connectivity index (χ1v) is 6.25. The molecule has 0 radical (unpaired) electrons. The Labute approximate surface area is 116 Å². The lowest BCUT2D eigenvalue weighted by Gasteiger charge is -2.26. The summed E-state index contributed by atoms with van der Waals surface area (Å²) in [5.74, 6) is -1.59. The van der Waals surface area contributed by atoms with Crippen LogP contribution in [0.4, 0.5) is 17.6 Å². The van der Waals surface area contributed by atoms with Gasteiger partial charge in [0, 0.05) is 17.7 Å². The number of hydrogen-bond acceptors (Lipinski definition) is 1. The summed E-state index contributed by atoms with van der Waals surface area (Å²) in [5.41, 5.74) is -0.183. The van der Waals surface area contributed by atoms with E-state index in [1.807, 2.05) is 0 Å². The Morgan fingerprint density at radius 3 is 2.15 bits per heavy atom. The van der Waals surface area contributed by atoms with Crippen LogP contribution in [0, 0.1) is 0 Å². The highest BCUT2D eigenvalue weighted by atomic mass is 19.4. The number of carbonyl (C=O) groups excluding carboxylic acids is 1. The van der Waals surface area contributed by atoms with Gasteiger partial charge in [-0.25, -0.2) is 4.39 Å². The highest BCUT2D eigenvalue weighted by molar-refractivity contribution is 5.78. The molecule has 0 atom stereocenters. The van der Waals surface area contributed by atoms with Crippen LogP contribution in [-0.4, -0.2) is 23.5 Å². The fourth-order valence-electron chi connectivity index (χ4n) is 1.73. The van der Waals surface area contributed by atoms with Gasteiger partial charge in [-0.3, -0.25) is 4.79 Å². The minimum atomic E-state index is -4.58. The van der Waals surface area contributed by atoms with Crippen molar-refractivity contribution in [3.63, 3.8) is 0 Å². The number of nitrogens with zero attached hydrogens (tertiary/aromatic N) is 1. The molecule has 0 N–H and O–H groups in total. The normalized spacial score (nSPS) is 12.7. The SMILES string of the molecule is C=C/C(=C(/CCC)C(=C)F)N(CC(F)(F)F)C(=O)CC. The number of halogens is 4. The quantitative estimate of drug-likeness (QED) is 0.499. The van der Waals surface area contributed by atoms with Gasteiger partial charge in [-0.1, -0.05) is 33.4 Å². The zero-order chi connectivity index (χ0) is 15.9. The molecule has 0 aliphatic carbocycles. The van der Waals surface area contributed by atoms with Crippen LogP contribution in [-0.2, 0) is 4.79 Å². The number of rotatable bonds is 7. The molecule has 0 fully saturated rings. The first-order valence-electron chi connectivity index (χ1n) is 6.25. The van der Waals surface area contributed by atoms with E-state index < -0.39 is 24.5 Å². The molecule has 0 aromatic heterocycles. The van der Waals surface area contributed by atoms with Gasteiger partial charge in [-0.05, 0) is 12.5 Å². The molecule has 0 aromatic carbocycles. The van der Waals surface area contributed by atoms with Gasteiger partial charge >= 0.3 is 6.18 Å². The minimum absolute atomic E-state index is 0.0199. The summed E-state index contributed by atoms with van der Waals surface area (Å²) in [4.78, 5) is 12.2. The maximum Gasteiger partial charge on any atom is 0.406 e. The van der Waals surface area contributed by atoms with Crippen molar-refractivity contribution in [2.75, 3.05) is 6.54 Å². The Balaban J connectivity index is 5.79. The largest absolute Gasteiger partial charge is 0.406 e. The Morgan fingerprint density at radius 2 is 1.85 bits per heavy atom. The maximum atomic E-state index is 13.4. The van der Waals surface area contributed by atoms with Crippen LogP contribution in [0.5, 0.6) is 0 Å². The molecule has 114 valence electrons. The number of hydrogen-bond donors (Lipinski definition) is 0. The minimum Gasteiger partial charge on any atom is -0.303 e. The van der Waals surface area contributed by atoms with E-state index in [-0.39, 0.29) is 24.1 Å². The van der Waals surface area contributed by atoms with Gasteiger partial charge in [0.1, 0.15) is 12.4 Å². The van der Waals surface area contributed by atoms with Crippen LogP contribution in [0.3, 0.4) is 0 Å². The number of carbonyl (C=O) groups is 1. The van der Waals surface area contributed by atoms with Crippen LogP contribution < -0.4 is 0 Å². The highest BCUT2D eigenvalue weighted by Gasteiger charge is 2.34. The smallest absolute Gasteiger partial charge is 0.303 e. The molecule has 20 heavy (non-hydrogen) atoms. The number of amides is 1. The summed E-state index contributed by atoms with van der Waals surface area (Å²) in [6.07, 6.45) is -2.94. The molecular weight excluding hydrogens is 274 g/mol. The number of alkyl halides is 3. The lowest BCUT2D eigenvalue weighted by molar-refractivity contribution is -0.156. The molecule has 0 saturated heterocycles. The molecular formula is C14H19F4NO. The Hall–Kier alpha value is -1.59. The van der Waals surface area contributed by atoms with Gasteiger partial charge in [0.05, 0.1) is 0 Å². The molecule has 0 aromatic rings. The zero-order valence-electron chi connectivity index (χ0n) is 11.7. The van der Waals surface area contributed by atoms with Crippen molar-refractivity contribution in [2.45, 2.75) is 39.3 Å². The number of allylic oxidation sites excluding steroid dienone is 3. The van der Waals surface area contributed by atoms with Crippen molar-refractivity contribution < 1.29 is 22.4 Å². The van der Waals surface area contributed by atoms with E-state index in [9.17, 15) is 22.4 Å². The van der Waals surface area contributed by atoms with Gasteiger partial charge < -0.3 is 4.90 Å². The summed E-state index contributed by atoms with van der Waals surface area (Å²) in [6, 6.07) is 0. The highest BCUT2D eigenvalue weighted by Crippen LogP contribution is 2.27. The van der Waals surface area contributed by atoms with E-state index in [0.717, 1.165) is 6.08 Å². The molecule has 0 heterocycles. The van der Waals surface area contributed by atoms with E-state index in [1.54, 1.807) is 6.92 Å². The van der Waals surface area contributed by atoms with E-state index in [2.05, 4.69) is 13.2 Å². The molecule has 0 rings (SSSR count). The fourth-order valence-corrected chi connectivity index (χ4v) is 1.73. The first-order chi connectivity index (χ1) is 9.17. The average Bonchev–Trinajstić information content (AvgIpc) is 2.34. The second-order valence-electron chi connectivity index (χ2n) is 4.17. The molecule has 2 nitrogen and oxygen atoms in total. The lowest BCUT2D eigenvalue weighted by Crippen LogP contribution is -2.38. The fraction of sp³-hybridized carbons (Fsp3) is 0.500. The molecule has 0 saturated carbocycles. The van der Waals surface area contributed by atoms with Crippen LogP contribution in [0.1, 0.15) is 33.1 Å². The van der Waals surface area contributed by atoms with Gasteiger partial charge in [0.25, 0.3) is 0 Å². The van der Waals surface area contributed by atoms with Crippen molar-refractivity contribution in [1.82, 2.24) is 4.90 Å². The van der Waals surface area contributed by atoms with Crippen LogP contribution in [0.15, 0.2) is 36.3 Å². The van der Waals surface area contributed by atoms with Crippen molar-refractivity contribution >= 4 is 5.91 Å². The predicted molar refractivity (Wildman–Crippen MR) is 70.4 cm³/mol. The van der Waals surface area contributed by atoms with Crippen LogP contribution >= 0.6 is 0 Å². The van der Waals surface area contributed by atoms with Gasteiger partial charge in [-0.15, -0.1) is 0 Å². The van der Waals surface area contributed by atoms with E-state index in [0.29, 0.717) is 11.3 Å². The summed E-state index contributed by atoms with van der Waals surface area (Å²) in [5, 5.41) is 0. The second-order valence-corrected chi connectivity index (χ2v) is 4.17. The molecule has 0 spiro atoms. The second kappa shape index (κ2) is 7.87. The summed E-state index contributed by atoms with van der Waals surface area (Å²) in [7, 11) is 0. The molecule has 0 aliphatic rings. The summed E-state index contributed by atoms with van der Waals surface area (Å²) in [6.45, 7) is 8.22. The molecule has 6 heteroatoms. The lowest BCUT2D eigenvalue weighted by atomic mass is 10.1. The Kier molecular flexibility index (Phi) is 7.24. The first kappa shape index (κ1) is 18.4. The van der Waals surface area contributed by atoms with Crippen molar-refractivity contribution in [1.29, 1.82) is 0 Å². The topological polar surface area (TPSA) is 20.3 Å². The van der Waals surface area contributed by atoms with Gasteiger partial charge in [0.15, 0.2) is 0 Å². The van der Waals surface area contributed by atoms with Crippen molar-refractivity contribution in [2.24, 2.45) is 0 Å². The third-order valence-electron chi connectivity index (χ3n) is 2.56. The molecule has 0 aliphatic heterocycles.